The van der Waals surface area contributed by atoms with Crippen LogP contribution < -0.4 is 4.74 Å². The molecule has 0 spiro atoms. The van der Waals surface area contributed by atoms with E-state index in [1.807, 2.05) is 6.07 Å². The van der Waals surface area contributed by atoms with Crippen LogP contribution in [0.2, 0.25) is 0 Å². The average molecular weight is 264 g/mol. The van der Waals surface area contributed by atoms with Crippen molar-refractivity contribution in [3.63, 3.8) is 0 Å². The second-order valence-electron chi connectivity index (χ2n) is 4.91. The number of aryl methyl sites for hydroxylation is 1. The van der Waals surface area contributed by atoms with E-state index >= 15 is 0 Å². The minimum absolute atomic E-state index is 0.0235. The van der Waals surface area contributed by atoms with Gasteiger partial charge in [-0.25, -0.2) is 0 Å². The molecule has 0 unspecified atom stereocenters. The molecule has 0 bridgehead atoms. The largest absolute Gasteiger partial charge is 0.507 e. The van der Waals surface area contributed by atoms with E-state index < -0.39 is 0 Å². The molecule has 0 fully saturated rings. The molecule has 19 heavy (non-hydrogen) atoms. The third-order valence-electron chi connectivity index (χ3n) is 3.28. The predicted octanol–water partition coefficient (Wildman–Crippen LogP) is 4.12. The monoisotopic (exact) mass is 264 g/mol. The van der Waals surface area contributed by atoms with Crippen LogP contribution in [0.3, 0.4) is 0 Å². The number of phenols is 1. The second-order valence-corrected chi connectivity index (χ2v) is 4.91. The van der Waals surface area contributed by atoms with Crippen LogP contribution in [0.5, 0.6) is 11.5 Å². The number of hydrogen-bond donors (Lipinski definition) is 1. The van der Waals surface area contributed by atoms with Gasteiger partial charge < -0.3 is 9.84 Å². The summed E-state index contributed by atoms with van der Waals surface area (Å²) in [4.78, 5) is 11.4. The second kappa shape index (κ2) is 7.82. The number of carbonyl (C=O) groups is 1. The Balaban J connectivity index is 2.70. The summed E-state index contributed by atoms with van der Waals surface area (Å²) < 4.78 is 5.19. The molecule has 0 saturated carbocycles. The Kier molecular flexibility index (Phi) is 6.40. The minimum atomic E-state index is -0.177. The van der Waals surface area contributed by atoms with Crippen molar-refractivity contribution in [2.24, 2.45) is 0 Å². The molecule has 1 N–H and O–H groups in total. The fraction of sp³-hybridized carbons (Fsp3) is 0.562. The van der Waals surface area contributed by atoms with Crippen LogP contribution in [0.25, 0.3) is 0 Å². The fourth-order valence-electron chi connectivity index (χ4n) is 2.25. The summed E-state index contributed by atoms with van der Waals surface area (Å²) in [6.45, 7) is 3.63. The number of unbranched alkanes of at least 4 members (excludes halogenated alkanes) is 4. The molecule has 1 rings (SSSR count). The molecular formula is C16H24O3. The highest BCUT2D eigenvalue weighted by Crippen LogP contribution is 2.30. The molecule has 0 aliphatic carbocycles. The number of rotatable bonds is 8. The predicted molar refractivity (Wildman–Crippen MR) is 77.1 cm³/mol. The molecule has 0 saturated heterocycles. The standard InChI is InChI=1S/C16H24O3/c1-4-5-6-7-8-9-13-10-14(18)16(12(2)17)15(11-13)19-3/h10-11,18H,4-9H2,1-3H3. The maximum atomic E-state index is 11.4. The van der Waals surface area contributed by atoms with Crippen LogP contribution in [0.4, 0.5) is 0 Å². The van der Waals surface area contributed by atoms with E-state index in [1.165, 1.54) is 39.7 Å². The van der Waals surface area contributed by atoms with Crippen LogP contribution in [-0.4, -0.2) is 18.0 Å². The Morgan fingerprint density at radius 2 is 1.89 bits per heavy atom. The Morgan fingerprint density at radius 3 is 2.47 bits per heavy atom. The van der Waals surface area contributed by atoms with E-state index in [9.17, 15) is 9.90 Å². The molecule has 0 aliphatic heterocycles. The van der Waals surface area contributed by atoms with Gasteiger partial charge in [0.05, 0.1) is 7.11 Å². The molecular weight excluding hydrogens is 240 g/mol. The topological polar surface area (TPSA) is 46.5 Å². The minimum Gasteiger partial charge on any atom is -0.507 e. The van der Waals surface area contributed by atoms with E-state index in [2.05, 4.69) is 6.92 Å². The highest BCUT2D eigenvalue weighted by molar-refractivity contribution is 5.99. The molecule has 3 nitrogen and oxygen atoms in total. The summed E-state index contributed by atoms with van der Waals surface area (Å²) in [5.41, 5.74) is 1.30. The van der Waals surface area contributed by atoms with Gasteiger partial charge in [-0.1, -0.05) is 32.6 Å². The van der Waals surface area contributed by atoms with Gasteiger partial charge in [0, 0.05) is 0 Å². The zero-order valence-electron chi connectivity index (χ0n) is 12.2. The van der Waals surface area contributed by atoms with Crippen molar-refractivity contribution in [2.75, 3.05) is 7.11 Å². The fourth-order valence-corrected chi connectivity index (χ4v) is 2.25. The van der Waals surface area contributed by atoms with Crippen molar-refractivity contribution < 1.29 is 14.6 Å². The molecule has 0 heterocycles. The molecule has 0 amide bonds. The van der Waals surface area contributed by atoms with E-state index in [0.29, 0.717) is 5.75 Å². The molecule has 3 heteroatoms. The highest BCUT2D eigenvalue weighted by atomic mass is 16.5. The lowest BCUT2D eigenvalue weighted by molar-refractivity contribution is 0.101. The molecule has 0 radical (unpaired) electrons. The average Bonchev–Trinajstić information content (AvgIpc) is 2.37. The molecule has 0 aliphatic rings. The van der Waals surface area contributed by atoms with Crippen LogP contribution in [-0.2, 0) is 6.42 Å². The summed E-state index contributed by atoms with van der Waals surface area (Å²) in [6.07, 6.45) is 6.98. The number of carbonyl (C=O) groups excluding carboxylic acids is 1. The highest BCUT2D eigenvalue weighted by Gasteiger charge is 2.14. The van der Waals surface area contributed by atoms with Gasteiger partial charge in [0.15, 0.2) is 5.78 Å². The summed E-state index contributed by atoms with van der Waals surface area (Å²) in [5, 5.41) is 9.91. The van der Waals surface area contributed by atoms with Crippen LogP contribution >= 0.6 is 0 Å². The molecule has 1 aromatic rings. The lowest BCUT2D eigenvalue weighted by Crippen LogP contribution is -2.00. The van der Waals surface area contributed by atoms with Gasteiger partial charge in [-0.3, -0.25) is 4.79 Å². The van der Waals surface area contributed by atoms with Crippen molar-refractivity contribution in [2.45, 2.75) is 52.4 Å². The van der Waals surface area contributed by atoms with Crippen molar-refractivity contribution >= 4 is 5.78 Å². The number of phenolic OH excluding ortho intramolecular Hbond substituents is 1. The Labute approximate surface area is 115 Å². The smallest absolute Gasteiger partial charge is 0.167 e. The maximum Gasteiger partial charge on any atom is 0.167 e. The maximum absolute atomic E-state index is 11.4. The Morgan fingerprint density at radius 1 is 1.21 bits per heavy atom. The lowest BCUT2D eigenvalue weighted by atomic mass is 10.0. The van der Waals surface area contributed by atoms with Gasteiger partial charge in [-0.2, -0.15) is 0 Å². The van der Waals surface area contributed by atoms with Gasteiger partial charge in [0.25, 0.3) is 0 Å². The van der Waals surface area contributed by atoms with E-state index in [4.69, 9.17) is 4.74 Å². The van der Waals surface area contributed by atoms with Crippen molar-refractivity contribution in [1.82, 2.24) is 0 Å². The number of ether oxygens (including phenoxy) is 1. The van der Waals surface area contributed by atoms with Gasteiger partial charge >= 0.3 is 0 Å². The first-order valence-corrected chi connectivity index (χ1v) is 7.01. The number of benzene rings is 1. The van der Waals surface area contributed by atoms with Gasteiger partial charge in [-0.15, -0.1) is 0 Å². The summed E-state index contributed by atoms with van der Waals surface area (Å²) >= 11 is 0. The van der Waals surface area contributed by atoms with E-state index in [1.54, 1.807) is 6.07 Å². The zero-order chi connectivity index (χ0) is 14.3. The number of methoxy groups -OCH3 is 1. The first-order chi connectivity index (χ1) is 9.10. The lowest BCUT2D eigenvalue weighted by Gasteiger charge is -2.11. The summed E-state index contributed by atoms with van der Waals surface area (Å²) in [5.74, 6) is 0.315. The summed E-state index contributed by atoms with van der Waals surface area (Å²) in [6, 6.07) is 3.54. The van der Waals surface area contributed by atoms with E-state index in [0.717, 1.165) is 18.4 Å². The number of ketones is 1. The van der Waals surface area contributed by atoms with E-state index in [-0.39, 0.29) is 17.1 Å². The Hall–Kier alpha value is -1.51. The Bertz CT molecular complexity index is 424. The normalized spacial score (nSPS) is 10.5. The van der Waals surface area contributed by atoms with Gasteiger partial charge in [0.1, 0.15) is 17.1 Å². The molecule has 0 atom stereocenters. The van der Waals surface area contributed by atoms with Crippen LogP contribution in [0.15, 0.2) is 12.1 Å². The number of hydrogen-bond acceptors (Lipinski definition) is 3. The van der Waals surface area contributed by atoms with Crippen molar-refractivity contribution in [1.29, 1.82) is 0 Å². The van der Waals surface area contributed by atoms with Crippen molar-refractivity contribution in [3.8, 4) is 11.5 Å². The van der Waals surface area contributed by atoms with Crippen LogP contribution in [0, 0.1) is 0 Å². The van der Waals surface area contributed by atoms with Gasteiger partial charge in [0.2, 0.25) is 0 Å². The first-order valence-electron chi connectivity index (χ1n) is 7.01. The SMILES string of the molecule is CCCCCCCc1cc(O)c(C(C)=O)c(OC)c1. The van der Waals surface area contributed by atoms with Crippen molar-refractivity contribution in [3.05, 3.63) is 23.3 Å². The quantitative estimate of drug-likeness (QED) is 0.567. The zero-order valence-corrected chi connectivity index (χ0v) is 12.2. The summed E-state index contributed by atoms with van der Waals surface area (Å²) in [7, 11) is 1.52. The third kappa shape index (κ3) is 4.58. The third-order valence-corrected chi connectivity index (χ3v) is 3.28. The van der Waals surface area contributed by atoms with Gasteiger partial charge in [-0.05, 0) is 37.5 Å². The first kappa shape index (κ1) is 15.5. The molecule has 1 aromatic carbocycles. The molecule has 106 valence electrons. The number of aromatic hydroxyl groups is 1. The number of Topliss-reactive ketones (excluding diaryl/α,β-unsaturated/α-hetero) is 1. The van der Waals surface area contributed by atoms with Crippen LogP contribution in [0.1, 0.15) is 61.9 Å². The molecule has 0 aromatic heterocycles.